The minimum atomic E-state index is -1.42. The highest BCUT2D eigenvalue weighted by atomic mass is 16.5. The summed E-state index contributed by atoms with van der Waals surface area (Å²) in [7, 11) is 0. The van der Waals surface area contributed by atoms with E-state index in [0.29, 0.717) is 0 Å². The van der Waals surface area contributed by atoms with Gasteiger partial charge in [0.15, 0.2) is 0 Å². The summed E-state index contributed by atoms with van der Waals surface area (Å²) in [6.45, 7) is 0. The van der Waals surface area contributed by atoms with Gasteiger partial charge < -0.3 is 14.9 Å². The molecule has 0 saturated heterocycles. The molecule has 23 heavy (non-hydrogen) atoms. The van der Waals surface area contributed by atoms with Crippen molar-refractivity contribution in [2.45, 2.75) is 0 Å². The third-order valence-corrected chi connectivity index (χ3v) is 3.40. The molecule has 6 heteroatoms. The molecule has 0 unspecified atom stereocenters. The van der Waals surface area contributed by atoms with Crippen LogP contribution in [0.1, 0.15) is 42.2 Å². The molecule has 0 fully saturated rings. The fourth-order valence-electron chi connectivity index (χ4n) is 2.34. The summed E-state index contributed by atoms with van der Waals surface area (Å²) in [5, 5.41) is 18.3. The molecule has 2 aromatic carbocycles. The Morgan fingerprint density at radius 2 is 1.48 bits per heavy atom. The molecular formula is C17H10O6. The van der Waals surface area contributed by atoms with E-state index in [-0.39, 0.29) is 16.9 Å². The number of aromatic carboxylic acids is 2. The van der Waals surface area contributed by atoms with Gasteiger partial charge in [0, 0.05) is 5.56 Å². The molecule has 114 valence electrons. The number of ether oxygens (including phenoxy) is 1. The number of benzene rings is 2. The van der Waals surface area contributed by atoms with E-state index in [0.717, 1.165) is 17.7 Å². The van der Waals surface area contributed by atoms with E-state index in [1.54, 1.807) is 30.3 Å². The van der Waals surface area contributed by atoms with Crippen LogP contribution in [0.3, 0.4) is 0 Å². The molecule has 0 amide bonds. The van der Waals surface area contributed by atoms with E-state index in [4.69, 9.17) is 9.84 Å². The van der Waals surface area contributed by atoms with Crippen molar-refractivity contribution in [3.63, 3.8) is 0 Å². The molecule has 0 radical (unpaired) electrons. The predicted octanol–water partition coefficient (Wildman–Crippen LogP) is 2.75. The molecular weight excluding hydrogens is 300 g/mol. The Morgan fingerprint density at radius 1 is 0.913 bits per heavy atom. The number of carboxylic acids is 2. The number of hydrogen-bond donors (Lipinski definition) is 2. The zero-order chi connectivity index (χ0) is 16.6. The minimum Gasteiger partial charge on any atom is -0.478 e. The smallest absolute Gasteiger partial charge is 0.344 e. The average Bonchev–Trinajstić information content (AvgIpc) is 2.82. The van der Waals surface area contributed by atoms with E-state index in [9.17, 15) is 19.5 Å². The highest BCUT2D eigenvalue weighted by molar-refractivity contribution is 6.10. The normalized spacial score (nSPS) is 14.4. The van der Waals surface area contributed by atoms with Crippen LogP contribution in [-0.2, 0) is 4.74 Å². The molecule has 0 atom stereocenters. The van der Waals surface area contributed by atoms with Gasteiger partial charge in [-0.1, -0.05) is 30.3 Å². The van der Waals surface area contributed by atoms with Crippen molar-refractivity contribution in [2.24, 2.45) is 0 Å². The van der Waals surface area contributed by atoms with E-state index in [1.165, 1.54) is 0 Å². The van der Waals surface area contributed by atoms with Crippen molar-refractivity contribution in [2.75, 3.05) is 0 Å². The van der Waals surface area contributed by atoms with E-state index < -0.39 is 29.0 Å². The maximum absolute atomic E-state index is 11.9. The van der Waals surface area contributed by atoms with Gasteiger partial charge in [-0.05, 0) is 23.8 Å². The van der Waals surface area contributed by atoms with Crippen molar-refractivity contribution in [1.82, 2.24) is 0 Å². The number of carbonyl (C=O) groups excluding carboxylic acids is 1. The second-order valence-corrected chi connectivity index (χ2v) is 4.86. The summed E-state index contributed by atoms with van der Waals surface area (Å²) < 4.78 is 5.14. The molecule has 1 aliphatic rings. The van der Waals surface area contributed by atoms with Gasteiger partial charge in [-0.25, -0.2) is 14.4 Å². The molecule has 1 heterocycles. The Bertz CT molecular complexity index is 864. The summed E-state index contributed by atoms with van der Waals surface area (Å²) in [5.74, 6) is -3.32. The van der Waals surface area contributed by atoms with Gasteiger partial charge in [0.25, 0.3) is 0 Å². The molecule has 0 saturated carbocycles. The Labute approximate surface area is 130 Å². The van der Waals surface area contributed by atoms with Gasteiger partial charge in [0.1, 0.15) is 5.76 Å². The number of esters is 1. The first kappa shape index (κ1) is 14.5. The monoisotopic (exact) mass is 310 g/mol. The van der Waals surface area contributed by atoms with Gasteiger partial charge in [-0.2, -0.15) is 0 Å². The number of carbonyl (C=O) groups is 3. The SMILES string of the molecule is O=C(O)c1cc2c(cc1C(=O)O)C(=Cc1ccccc1)OC2=O. The lowest BCUT2D eigenvalue weighted by molar-refractivity contribution is 0.0651. The topological polar surface area (TPSA) is 101 Å². The summed E-state index contributed by atoms with van der Waals surface area (Å²) >= 11 is 0. The van der Waals surface area contributed by atoms with Crippen LogP contribution in [0, 0.1) is 0 Å². The number of carboxylic acid groups (broad SMARTS) is 2. The molecule has 0 aromatic heterocycles. The number of hydrogen-bond acceptors (Lipinski definition) is 4. The molecule has 0 aliphatic carbocycles. The zero-order valence-electron chi connectivity index (χ0n) is 11.6. The van der Waals surface area contributed by atoms with Gasteiger partial charge in [-0.15, -0.1) is 0 Å². The van der Waals surface area contributed by atoms with Crippen molar-refractivity contribution < 1.29 is 29.3 Å². The maximum Gasteiger partial charge on any atom is 0.344 e. The maximum atomic E-state index is 11.9. The second-order valence-electron chi connectivity index (χ2n) is 4.86. The average molecular weight is 310 g/mol. The number of cyclic esters (lactones) is 1. The third-order valence-electron chi connectivity index (χ3n) is 3.40. The fraction of sp³-hybridized carbons (Fsp3) is 0. The summed E-state index contributed by atoms with van der Waals surface area (Å²) in [6, 6.07) is 11.2. The van der Waals surface area contributed by atoms with Crippen LogP contribution in [0.25, 0.3) is 11.8 Å². The highest BCUT2D eigenvalue weighted by Gasteiger charge is 2.31. The zero-order valence-corrected chi connectivity index (χ0v) is 11.6. The van der Waals surface area contributed by atoms with Crippen LogP contribution >= 0.6 is 0 Å². The first-order valence-corrected chi connectivity index (χ1v) is 6.61. The largest absolute Gasteiger partial charge is 0.478 e. The van der Waals surface area contributed by atoms with E-state index in [2.05, 4.69) is 0 Å². The lowest BCUT2D eigenvalue weighted by atomic mass is 9.98. The van der Waals surface area contributed by atoms with Gasteiger partial charge in [0.05, 0.1) is 16.7 Å². The summed E-state index contributed by atoms with van der Waals surface area (Å²) in [4.78, 5) is 34.4. The Morgan fingerprint density at radius 3 is 2.04 bits per heavy atom. The lowest BCUT2D eigenvalue weighted by Gasteiger charge is -2.04. The molecule has 2 N–H and O–H groups in total. The highest BCUT2D eigenvalue weighted by Crippen LogP contribution is 2.33. The van der Waals surface area contributed by atoms with Gasteiger partial charge in [0.2, 0.25) is 0 Å². The quantitative estimate of drug-likeness (QED) is 0.845. The predicted molar refractivity (Wildman–Crippen MR) is 80.1 cm³/mol. The lowest BCUT2D eigenvalue weighted by Crippen LogP contribution is -2.10. The number of rotatable bonds is 3. The van der Waals surface area contributed by atoms with Crippen LogP contribution in [0.2, 0.25) is 0 Å². The van der Waals surface area contributed by atoms with Crippen LogP contribution in [0.4, 0.5) is 0 Å². The van der Waals surface area contributed by atoms with Gasteiger partial charge >= 0.3 is 17.9 Å². The van der Waals surface area contributed by atoms with E-state index >= 15 is 0 Å². The van der Waals surface area contributed by atoms with Crippen LogP contribution in [0.5, 0.6) is 0 Å². The Hall–Kier alpha value is -3.41. The molecule has 6 nitrogen and oxygen atoms in total. The van der Waals surface area contributed by atoms with Crippen LogP contribution in [0.15, 0.2) is 42.5 Å². The molecule has 3 rings (SSSR count). The van der Waals surface area contributed by atoms with Crippen molar-refractivity contribution in [3.05, 3.63) is 70.3 Å². The number of fused-ring (bicyclic) bond motifs is 1. The summed E-state index contributed by atoms with van der Waals surface area (Å²) in [5.41, 5.74) is 0.223. The molecule has 2 aromatic rings. The van der Waals surface area contributed by atoms with Gasteiger partial charge in [-0.3, -0.25) is 0 Å². The second kappa shape index (κ2) is 5.42. The summed E-state index contributed by atoms with van der Waals surface area (Å²) in [6.07, 6.45) is 1.59. The van der Waals surface area contributed by atoms with E-state index in [1.807, 2.05) is 6.07 Å². The first-order chi connectivity index (χ1) is 11.0. The van der Waals surface area contributed by atoms with Crippen LogP contribution in [-0.4, -0.2) is 28.1 Å². The molecule has 1 aliphatic heterocycles. The molecule has 0 bridgehead atoms. The standard InChI is InChI=1S/C17H10O6/c18-15(19)11-7-10-13(8-12(11)16(20)21)17(22)23-14(10)6-9-4-2-1-3-5-9/h1-8H,(H,18,19)(H,20,21). The first-order valence-electron chi connectivity index (χ1n) is 6.61. The van der Waals surface area contributed by atoms with Crippen LogP contribution < -0.4 is 0 Å². The minimum absolute atomic E-state index is 0.0366. The third kappa shape index (κ3) is 2.57. The fourth-order valence-corrected chi connectivity index (χ4v) is 2.34. The Kier molecular flexibility index (Phi) is 3.42. The molecule has 0 spiro atoms. The van der Waals surface area contributed by atoms with Crippen molar-refractivity contribution >= 4 is 29.7 Å². The Balaban J connectivity index is 2.19. The van der Waals surface area contributed by atoms with Crippen molar-refractivity contribution in [3.8, 4) is 0 Å². The van der Waals surface area contributed by atoms with Crippen molar-refractivity contribution in [1.29, 1.82) is 0 Å².